The number of nitrogens with one attached hydrogen (secondary N) is 3. The van der Waals surface area contributed by atoms with Crippen molar-refractivity contribution >= 4 is 53.2 Å². The first-order chi connectivity index (χ1) is 16.0. The van der Waals surface area contributed by atoms with Crippen LogP contribution in [0.2, 0.25) is 5.02 Å². The largest absolute Gasteiger partial charge is 0.481 e. The Kier molecular flexibility index (Phi) is 9.55. The Morgan fingerprint density at radius 1 is 1.21 bits per heavy atom. The minimum absolute atomic E-state index is 0.153. The van der Waals surface area contributed by atoms with Gasteiger partial charge in [0.25, 0.3) is 5.91 Å². The molecule has 1 aromatic rings. The quantitative estimate of drug-likeness (QED) is 0.371. The van der Waals surface area contributed by atoms with Crippen molar-refractivity contribution in [3.8, 4) is 0 Å². The van der Waals surface area contributed by atoms with Gasteiger partial charge in [-0.25, -0.2) is 0 Å². The molecule has 0 saturated carbocycles. The van der Waals surface area contributed by atoms with E-state index in [0.717, 1.165) is 0 Å². The molecule has 12 heteroatoms. The Balaban J connectivity index is 2.07. The lowest BCUT2D eigenvalue weighted by Crippen LogP contribution is -2.58. The molecule has 1 aromatic carbocycles. The normalized spacial score (nSPS) is 17.1. The van der Waals surface area contributed by atoms with Crippen LogP contribution in [-0.4, -0.2) is 70.6 Å². The number of aliphatic carboxylic acids is 1. The highest BCUT2D eigenvalue weighted by Crippen LogP contribution is 2.23. The molecule has 34 heavy (non-hydrogen) atoms. The third kappa shape index (κ3) is 7.27. The van der Waals surface area contributed by atoms with Crippen LogP contribution in [0.5, 0.6) is 0 Å². The molecule has 4 amide bonds. The zero-order valence-electron chi connectivity index (χ0n) is 18.8. The van der Waals surface area contributed by atoms with E-state index in [1.807, 2.05) is 0 Å². The number of benzene rings is 1. The Labute approximate surface area is 201 Å². The second kappa shape index (κ2) is 12.1. The van der Waals surface area contributed by atoms with Crippen LogP contribution < -0.4 is 16.0 Å². The number of carboxylic acid groups (broad SMARTS) is 1. The van der Waals surface area contributed by atoms with Crippen LogP contribution >= 0.6 is 11.6 Å². The second-order valence-corrected chi connectivity index (χ2v) is 8.37. The predicted octanol–water partition coefficient (Wildman–Crippen LogP) is 0.956. The highest BCUT2D eigenvalue weighted by molar-refractivity contribution is 6.34. The van der Waals surface area contributed by atoms with E-state index in [1.165, 1.54) is 36.9 Å². The highest BCUT2D eigenvalue weighted by atomic mass is 35.5. The van der Waals surface area contributed by atoms with Gasteiger partial charge in [-0.05, 0) is 44.4 Å². The minimum atomic E-state index is -1.24. The van der Waals surface area contributed by atoms with Gasteiger partial charge in [-0.3, -0.25) is 24.0 Å². The van der Waals surface area contributed by atoms with E-state index in [-0.39, 0.29) is 23.0 Å². The van der Waals surface area contributed by atoms with Gasteiger partial charge in [0.2, 0.25) is 17.7 Å². The molecule has 1 fully saturated rings. The summed E-state index contributed by atoms with van der Waals surface area (Å²) in [7, 11) is 0. The summed E-state index contributed by atoms with van der Waals surface area (Å²) in [6.45, 7) is 3.08. The van der Waals surface area contributed by atoms with Crippen molar-refractivity contribution in [1.29, 1.82) is 0 Å². The summed E-state index contributed by atoms with van der Waals surface area (Å²) in [5.41, 5.74) is 0.516. The number of likely N-dealkylation sites (tertiary alicyclic amines) is 1. The number of hydrogen-bond donors (Lipinski definition) is 4. The van der Waals surface area contributed by atoms with Crippen LogP contribution in [0.3, 0.4) is 0 Å². The summed E-state index contributed by atoms with van der Waals surface area (Å²) in [6.07, 6.45) is 1.45. The molecule has 11 nitrogen and oxygen atoms in total. The number of anilines is 1. The lowest BCUT2D eigenvalue weighted by Gasteiger charge is -2.36. The van der Waals surface area contributed by atoms with Crippen LogP contribution in [0.25, 0.3) is 0 Å². The van der Waals surface area contributed by atoms with Gasteiger partial charge in [0, 0.05) is 19.0 Å². The Bertz CT molecular complexity index is 984. The second-order valence-electron chi connectivity index (χ2n) is 7.96. The van der Waals surface area contributed by atoms with Gasteiger partial charge >= 0.3 is 5.97 Å². The van der Waals surface area contributed by atoms with Crippen molar-refractivity contribution in [2.24, 2.45) is 0 Å². The van der Waals surface area contributed by atoms with Gasteiger partial charge in [-0.15, -0.1) is 0 Å². The van der Waals surface area contributed by atoms with E-state index < -0.39 is 48.2 Å². The summed E-state index contributed by atoms with van der Waals surface area (Å²) < 4.78 is 0. The van der Waals surface area contributed by atoms with Gasteiger partial charge in [0.05, 0.1) is 23.2 Å². The first-order valence-electron chi connectivity index (χ1n) is 10.7. The zero-order valence-corrected chi connectivity index (χ0v) is 19.6. The van der Waals surface area contributed by atoms with Gasteiger partial charge in [0.15, 0.2) is 0 Å². The zero-order chi connectivity index (χ0) is 25.4. The molecule has 184 valence electrons. The average Bonchev–Trinajstić information content (AvgIpc) is 2.78. The molecule has 1 aliphatic rings. The van der Waals surface area contributed by atoms with Gasteiger partial charge in [-0.2, -0.15) is 0 Å². The number of aldehydes is 1. The number of carbonyl (C=O) groups excluding carboxylic acids is 5. The maximum absolute atomic E-state index is 13.0. The molecule has 0 aliphatic carbocycles. The third-order valence-electron chi connectivity index (χ3n) is 5.23. The van der Waals surface area contributed by atoms with Crippen LogP contribution in [0.1, 0.15) is 49.9 Å². The van der Waals surface area contributed by atoms with Crippen molar-refractivity contribution in [3.63, 3.8) is 0 Å². The number of rotatable bonds is 9. The van der Waals surface area contributed by atoms with Crippen LogP contribution in [0, 0.1) is 0 Å². The van der Waals surface area contributed by atoms with E-state index in [0.29, 0.717) is 31.2 Å². The van der Waals surface area contributed by atoms with E-state index in [9.17, 15) is 28.8 Å². The molecule has 1 aliphatic heterocycles. The third-order valence-corrected chi connectivity index (χ3v) is 5.55. The molecule has 2 rings (SSSR count). The van der Waals surface area contributed by atoms with E-state index in [1.54, 1.807) is 0 Å². The van der Waals surface area contributed by atoms with Crippen molar-refractivity contribution in [3.05, 3.63) is 28.8 Å². The number of amides is 4. The topological polar surface area (TPSA) is 162 Å². The van der Waals surface area contributed by atoms with E-state index in [2.05, 4.69) is 16.0 Å². The first kappa shape index (κ1) is 26.8. The molecule has 0 radical (unpaired) electrons. The molecule has 3 atom stereocenters. The number of carboxylic acids is 1. The maximum Gasteiger partial charge on any atom is 0.305 e. The average molecular weight is 495 g/mol. The molecule has 1 saturated heterocycles. The number of halogens is 1. The van der Waals surface area contributed by atoms with Crippen LogP contribution in [-0.2, 0) is 24.0 Å². The Morgan fingerprint density at radius 2 is 1.91 bits per heavy atom. The molecular weight excluding hydrogens is 468 g/mol. The highest BCUT2D eigenvalue weighted by Gasteiger charge is 2.35. The summed E-state index contributed by atoms with van der Waals surface area (Å²) >= 11 is 6.10. The van der Waals surface area contributed by atoms with Crippen LogP contribution in [0.15, 0.2) is 18.2 Å². The van der Waals surface area contributed by atoms with E-state index in [4.69, 9.17) is 16.7 Å². The fourth-order valence-corrected chi connectivity index (χ4v) is 3.83. The van der Waals surface area contributed by atoms with Crippen molar-refractivity contribution in [1.82, 2.24) is 15.5 Å². The molecule has 4 N–H and O–H groups in total. The number of hydrogen-bond acceptors (Lipinski definition) is 6. The number of nitrogens with zero attached hydrogens (tertiary/aromatic N) is 1. The molecule has 1 heterocycles. The molecular formula is C22H27ClN4O7. The van der Waals surface area contributed by atoms with Gasteiger partial charge < -0.3 is 30.8 Å². The van der Waals surface area contributed by atoms with E-state index >= 15 is 0 Å². The minimum Gasteiger partial charge on any atom is -0.481 e. The summed E-state index contributed by atoms with van der Waals surface area (Å²) in [6, 6.07) is 1.21. The van der Waals surface area contributed by atoms with Crippen molar-refractivity contribution < 1.29 is 33.9 Å². The maximum atomic E-state index is 13.0. The summed E-state index contributed by atoms with van der Waals surface area (Å²) in [5.74, 6) is -3.24. The Hall–Kier alpha value is -3.47. The van der Waals surface area contributed by atoms with Crippen LogP contribution in [0.4, 0.5) is 5.69 Å². The molecule has 0 aromatic heterocycles. The van der Waals surface area contributed by atoms with Crippen molar-refractivity contribution in [2.75, 3.05) is 11.9 Å². The van der Waals surface area contributed by atoms with Crippen molar-refractivity contribution in [2.45, 2.75) is 57.7 Å². The fraction of sp³-hybridized carbons (Fsp3) is 0.455. The number of carbonyl (C=O) groups is 6. The smallest absolute Gasteiger partial charge is 0.305 e. The molecule has 0 unspecified atom stereocenters. The standard InChI is InChI=1S/C22H27ClN4O7/c1-12(24-20(32)14-6-7-17(16(23)9-14)25-13(2)29)22(34)27-8-4-3-5-18(27)21(33)26-15(11-28)10-19(30)31/h6-7,9,11-12,15,18H,3-5,8,10H2,1-2H3,(H,24,32)(H,25,29)(H,26,33)(H,30,31)/t12-,15-,18-/m0/s1. The fourth-order valence-electron chi connectivity index (χ4n) is 3.61. The SMILES string of the molecule is CC(=O)Nc1ccc(C(=O)N[C@@H](C)C(=O)N2CCCC[C@H]2C(=O)N[C@H](C=O)CC(=O)O)cc1Cl. The summed E-state index contributed by atoms with van der Waals surface area (Å²) in [5, 5.41) is 16.5. The van der Waals surface area contributed by atoms with Gasteiger partial charge in [0.1, 0.15) is 18.4 Å². The lowest BCUT2D eigenvalue weighted by molar-refractivity contribution is -0.144. The summed E-state index contributed by atoms with van der Waals surface area (Å²) in [4.78, 5) is 72.8. The Morgan fingerprint density at radius 3 is 2.50 bits per heavy atom. The lowest BCUT2D eigenvalue weighted by atomic mass is 9.99. The monoisotopic (exact) mass is 494 g/mol. The molecule has 0 bridgehead atoms. The first-order valence-corrected chi connectivity index (χ1v) is 11.1. The van der Waals surface area contributed by atoms with Gasteiger partial charge in [-0.1, -0.05) is 11.6 Å². The molecule has 0 spiro atoms. The predicted molar refractivity (Wildman–Crippen MR) is 122 cm³/mol. The number of piperidine rings is 1.